The van der Waals surface area contributed by atoms with Gasteiger partial charge in [0.25, 0.3) is 0 Å². The number of nitroso groups, excluding NO2 is 1. The van der Waals surface area contributed by atoms with Crippen LogP contribution in [0.1, 0.15) is 12.5 Å². The van der Waals surface area contributed by atoms with Gasteiger partial charge in [-0.1, -0.05) is 17.3 Å². The van der Waals surface area contributed by atoms with Crippen LogP contribution in [0.3, 0.4) is 0 Å². The van der Waals surface area contributed by atoms with E-state index in [-0.39, 0.29) is 12.3 Å². The Bertz CT molecular complexity index is 361. The Labute approximate surface area is 88.2 Å². The third-order valence-electron chi connectivity index (χ3n) is 1.87. The molecule has 0 radical (unpaired) electrons. The summed E-state index contributed by atoms with van der Waals surface area (Å²) in [6.45, 7) is 2.32. The topological polar surface area (TPSA) is 58.9 Å². The van der Waals surface area contributed by atoms with Crippen molar-refractivity contribution in [3.05, 3.63) is 40.8 Å². The largest absolute Gasteiger partial charge is 0.508 e. The smallest absolute Gasteiger partial charge is 0.121 e. The second kappa shape index (κ2) is 5.80. The van der Waals surface area contributed by atoms with Crippen molar-refractivity contribution in [2.24, 2.45) is 5.18 Å². The molecule has 1 aromatic rings. The van der Waals surface area contributed by atoms with E-state index in [1.165, 1.54) is 6.07 Å². The van der Waals surface area contributed by atoms with Gasteiger partial charge < -0.3 is 9.84 Å². The number of allylic oxidation sites excluding steroid dienone is 1. The van der Waals surface area contributed by atoms with Gasteiger partial charge in [-0.3, -0.25) is 0 Å². The number of nitrogens with zero attached hydrogens (tertiary/aromatic N) is 1. The zero-order chi connectivity index (χ0) is 11.1. The van der Waals surface area contributed by atoms with Gasteiger partial charge in [0.15, 0.2) is 0 Å². The van der Waals surface area contributed by atoms with E-state index in [1.807, 2.05) is 19.1 Å². The lowest BCUT2D eigenvalue weighted by Crippen LogP contribution is -1.94. The number of benzene rings is 1. The highest BCUT2D eigenvalue weighted by atomic mass is 16.5. The molecule has 1 N–H and O–H groups in total. The summed E-state index contributed by atoms with van der Waals surface area (Å²) in [5, 5.41) is 12.1. The summed E-state index contributed by atoms with van der Waals surface area (Å²) in [7, 11) is 0. The lowest BCUT2D eigenvalue weighted by atomic mass is 10.2. The number of hydrogen-bond acceptors (Lipinski definition) is 4. The summed E-state index contributed by atoms with van der Waals surface area (Å²) in [6, 6.07) is 4.75. The van der Waals surface area contributed by atoms with E-state index in [9.17, 15) is 10.0 Å². The molecule has 0 spiro atoms. The molecule has 0 saturated heterocycles. The average molecular weight is 207 g/mol. The summed E-state index contributed by atoms with van der Waals surface area (Å²) in [6.07, 6.45) is 3.75. The van der Waals surface area contributed by atoms with Crippen molar-refractivity contribution < 1.29 is 9.84 Å². The molecule has 0 amide bonds. The Balaban J connectivity index is 2.73. The SMILES string of the molecule is C/C=C/COc1ccc(O)c(CN=O)c1. The van der Waals surface area contributed by atoms with E-state index >= 15 is 0 Å². The van der Waals surface area contributed by atoms with Gasteiger partial charge in [0.05, 0.1) is 0 Å². The quantitative estimate of drug-likeness (QED) is 0.596. The highest BCUT2D eigenvalue weighted by Gasteiger charge is 2.03. The predicted molar refractivity (Wildman–Crippen MR) is 57.9 cm³/mol. The van der Waals surface area contributed by atoms with Crippen LogP contribution in [0.15, 0.2) is 35.5 Å². The molecule has 4 nitrogen and oxygen atoms in total. The summed E-state index contributed by atoms with van der Waals surface area (Å²) >= 11 is 0. The summed E-state index contributed by atoms with van der Waals surface area (Å²) in [5.41, 5.74) is 0.475. The first-order valence-electron chi connectivity index (χ1n) is 4.63. The minimum atomic E-state index is -0.0490. The number of ether oxygens (including phenoxy) is 1. The molecule has 0 bridgehead atoms. The van der Waals surface area contributed by atoms with E-state index in [1.54, 1.807) is 12.1 Å². The Morgan fingerprint density at radius 1 is 1.53 bits per heavy atom. The molecule has 0 fully saturated rings. The van der Waals surface area contributed by atoms with Crippen molar-refractivity contribution in [2.45, 2.75) is 13.5 Å². The minimum absolute atomic E-state index is 0.0490. The fourth-order valence-corrected chi connectivity index (χ4v) is 1.09. The molecule has 4 heteroatoms. The van der Waals surface area contributed by atoms with Gasteiger partial charge in [-0.15, -0.1) is 0 Å². The lowest BCUT2D eigenvalue weighted by molar-refractivity contribution is 0.361. The van der Waals surface area contributed by atoms with E-state index in [2.05, 4.69) is 5.18 Å². The van der Waals surface area contributed by atoms with Gasteiger partial charge >= 0.3 is 0 Å². The summed E-state index contributed by atoms with van der Waals surface area (Å²) in [4.78, 5) is 10.1. The van der Waals surface area contributed by atoms with Gasteiger partial charge in [-0.05, 0) is 25.1 Å². The summed E-state index contributed by atoms with van der Waals surface area (Å²) < 4.78 is 5.35. The fourth-order valence-electron chi connectivity index (χ4n) is 1.09. The predicted octanol–water partition coefficient (Wildman–Crippen LogP) is 2.61. The number of aromatic hydroxyl groups is 1. The molecule has 0 aliphatic rings. The van der Waals surface area contributed by atoms with Crippen LogP contribution in [0.2, 0.25) is 0 Å². The Morgan fingerprint density at radius 3 is 3.00 bits per heavy atom. The van der Waals surface area contributed by atoms with Gasteiger partial charge in [0.2, 0.25) is 0 Å². The number of phenolic OH excluding ortho intramolecular Hbond substituents is 1. The zero-order valence-electron chi connectivity index (χ0n) is 8.51. The molecule has 0 aliphatic carbocycles. The minimum Gasteiger partial charge on any atom is -0.508 e. The first-order valence-corrected chi connectivity index (χ1v) is 4.63. The average Bonchev–Trinajstić information content (AvgIpc) is 2.23. The highest BCUT2D eigenvalue weighted by molar-refractivity contribution is 5.39. The van der Waals surface area contributed by atoms with Crippen molar-refractivity contribution >= 4 is 0 Å². The van der Waals surface area contributed by atoms with E-state index in [4.69, 9.17) is 4.74 Å². The first kappa shape index (κ1) is 11.2. The lowest BCUT2D eigenvalue weighted by Gasteiger charge is -2.05. The number of hydrogen-bond donors (Lipinski definition) is 1. The standard InChI is InChI=1S/C11H13NO3/c1-2-3-6-15-10-4-5-11(13)9(7-10)8-12-14/h2-5,7,13H,6,8H2,1H3/b3-2+. The molecule has 1 aromatic carbocycles. The molecule has 0 heterocycles. The van der Waals surface area contributed by atoms with Crippen LogP contribution in [0.5, 0.6) is 11.5 Å². The highest BCUT2D eigenvalue weighted by Crippen LogP contribution is 2.23. The normalized spacial score (nSPS) is 10.5. The molecule has 80 valence electrons. The van der Waals surface area contributed by atoms with E-state index in [0.717, 1.165) is 0 Å². The van der Waals surface area contributed by atoms with E-state index < -0.39 is 0 Å². The number of rotatable bonds is 5. The molecule has 0 aliphatic heterocycles. The van der Waals surface area contributed by atoms with Crippen molar-refractivity contribution in [2.75, 3.05) is 6.61 Å². The first-order chi connectivity index (χ1) is 7.27. The van der Waals surface area contributed by atoms with E-state index in [0.29, 0.717) is 17.9 Å². The van der Waals surface area contributed by atoms with Crippen LogP contribution in [-0.4, -0.2) is 11.7 Å². The fraction of sp³-hybridized carbons (Fsp3) is 0.273. The molecule has 1 rings (SSSR count). The molecule has 0 aromatic heterocycles. The van der Waals surface area contributed by atoms with Crippen molar-refractivity contribution in [3.63, 3.8) is 0 Å². The monoisotopic (exact) mass is 207 g/mol. The second-order valence-electron chi connectivity index (χ2n) is 2.96. The van der Waals surface area contributed by atoms with Gasteiger partial charge in [0.1, 0.15) is 24.7 Å². The molecule has 0 atom stereocenters. The van der Waals surface area contributed by atoms with Crippen LogP contribution < -0.4 is 4.74 Å². The Hall–Kier alpha value is -1.84. The number of phenols is 1. The third-order valence-corrected chi connectivity index (χ3v) is 1.87. The van der Waals surface area contributed by atoms with Gasteiger partial charge in [-0.25, -0.2) is 0 Å². The Morgan fingerprint density at radius 2 is 2.33 bits per heavy atom. The van der Waals surface area contributed by atoms with Gasteiger partial charge in [-0.2, -0.15) is 4.91 Å². The molecule has 15 heavy (non-hydrogen) atoms. The second-order valence-corrected chi connectivity index (χ2v) is 2.96. The Kier molecular flexibility index (Phi) is 4.34. The molecule has 0 saturated carbocycles. The van der Waals surface area contributed by atoms with Crippen LogP contribution in [0.4, 0.5) is 0 Å². The van der Waals surface area contributed by atoms with Crippen LogP contribution in [0, 0.1) is 4.91 Å². The zero-order valence-corrected chi connectivity index (χ0v) is 8.51. The third kappa shape index (κ3) is 3.42. The van der Waals surface area contributed by atoms with Gasteiger partial charge in [0, 0.05) is 5.56 Å². The maximum Gasteiger partial charge on any atom is 0.121 e. The van der Waals surface area contributed by atoms with Crippen LogP contribution in [0.25, 0.3) is 0 Å². The van der Waals surface area contributed by atoms with Crippen molar-refractivity contribution in [1.82, 2.24) is 0 Å². The molecular weight excluding hydrogens is 194 g/mol. The molecular formula is C11H13NO3. The maximum absolute atomic E-state index is 10.1. The van der Waals surface area contributed by atoms with Crippen LogP contribution >= 0.6 is 0 Å². The van der Waals surface area contributed by atoms with Crippen LogP contribution in [-0.2, 0) is 6.54 Å². The maximum atomic E-state index is 10.1. The van der Waals surface area contributed by atoms with Crippen molar-refractivity contribution in [3.8, 4) is 11.5 Å². The van der Waals surface area contributed by atoms with Crippen molar-refractivity contribution in [1.29, 1.82) is 0 Å². The molecule has 0 unspecified atom stereocenters. The summed E-state index contributed by atoms with van der Waals surface area (Å²) in [5.74, 6) is 0.678.